The molecule has 0 saturated heterocycles. The molecule has 112 valence electrons. The normalized spacial score (nSPS) is 12.1. The monoisotopic (exact) mass is 283 g/mol. The molecule has 1 amide bonds. The predicted molar refractivity (Wildman–Crippen MR) is 74.4 cm³/mol. The summed E-state index contributed by atoms with van der Waals surface area (Å²) in [6.45, 7) is 2.49. The Morgan fingerprint density at radius 3 is 2.80 bits per heavy atom. The van der Waals surface area contributed by atoms with E-state index in [-0.39, 0.29) is 25.0 Å². The van der Waals surface area contributed by atoms with Crippen LogP contribution in [-0.2, 0) is 11.3 Å². The van der Waals surface area contributed by atoms with Gasteiger partial charge in [-0.25, -0.2) is 4.79 Å². The van der Waals surface area contributed by atoms with E-state index in [0.717, 1.165) is 17.4 Å². The van der Waals surface area contributed by atoms with Crippen molar-refractivity contribution < 1.29 is 9.90 Å². The number of hydrogen-bond acceptors (Lipinski definition) is 4. The highest BCUT2D eigenvalue weighted by atomic mass is 16.3. The van der Waals surface area contributed by atoms with Crippen molar-refractivity contribution in [3.8, 4) is 0 Å². The number of amides is 1. The molecule has 0 aliphatic rings. The van der Waals surface area contributed by atoms with Gasteiger partial charge in [0.15, 0.2) is 0 Å². The first kappa shape index (κ1) is 16.2. The molecular weight excluding hydrogens is 262 g/mol. The molecular formula is C13H21N3O4. The number of aliphatic hydroxyl groups excluding tert-OH is 1. The topological polar surface area (TPSA) is 104 Å². The van der Waals surface area contributed by atoms with Gasteiger partial charge in [-0.1, -0.05) is 13.3 Å². The van der Waals surface area contributed by atoms with Crippen LogP contribution in [0.5, 0.6) is 0 Å². The van der Waals surface area contributed by atoms with Crippen molar-refractivity contribution >= 4 is 5.91 Å². The fourth-order valence-electron chi connectivity index (χ4n) is 1.98. The molecule has 20 heavy (non-hydrogen) atoms. The lowest BCUT2D eigenvalue weighted by atomic mass is 10.0. The van der Waals surface area contributed by atoms with E-state index in [9.17, 15) is 14.4 Å². The quantitative estimate of drug-likeness (QED) is 0.595. The van der Waals surface area contributed by atoms with Gasteiger partial charge >= 0.3 is 5.69 Å². The van der Waals surface area contributed by atoms with Gasteiger partial charge in [0, 0.05) is 25.4 Å². The number of rotatable bonds is 8. The second-order valence-electron chi connectivity index (χ2n) is 4.71. The first-order valence-electron chi connectivity index (χ1n) is 6.74. The van der Waals surface area contributed by atoms with E-state index in [1.165, 1.54) is 12.3 Å². The zero-order chi connectivity index (χ0) is 15.0. The summed E-state index contributed by atoms with van der Waals surface area (Å²) in [5, 5.41) is 11.7. The van der Waals surface area contributed by atoms with Crippen molar-refractivity contribution in [2.75, 3.05) is 13.2 Å². The van der Waals surface area contributed by atoms with Crippen LogP contribution in [0.4, 0.5) is 0 Å². The zero-order valence-electron chi connectivity index (χ0n) is 11.6. The average Bonchev–Trinajstić information content (AvgIpc) is 2.40. The summed E-state index contributed by atoms with van der Waals surface area (Å²) in [7, 11) is 0. The molecule has 3 N–H and O–H groups in total. The fraction of sp³-hybridized carbons (Fsp3) is 0.615. The maximum Gasteiger partial charge on any atom is 0.328 e. The molecule has 0 saturated carbocycles. The Bertz CT molecular complexity index is 529. The van der Waals surface area contributed by atoms with Crippen molar-refractivity contribution in [1.82, 2.24) is 14.9 Å². The van der Waals surface area contributed by atoms with Crippen molar-refractivity contribution in [3.63, 3.8) is 0 Å². The molecule has 7 nitrogen and oxygen atoms in total. The number of nitrogens with one attached hydrogen (secondary N) is 2. The zero-order valence-corrected chi connectivity index (χ0v) is 11.6. The van der Waals surface area contributed by atoms with Crippen LogP contribution in [0.15, 0.2) is 21.9 Å². The third-order valence-corrected chi connectivity index (χ3v) is 3.03. The Balaban J connectivity index is 2.50. The average molecular weight is 283 g/mol. The van der Waals surface area contributed by atoms with E-state index >= 15 is 0 Å². The minimum atomic E-state index is -0.604. The number of nitrogens with zero attached hydrogens (tertiary/aromatic N) is 1. The third-order valence-electron chi connectivity index (χ3n) is 3.03. The van der Waals surface area contributed by atoms with Crippen LogP contribution in [-0.4, -0.2) is 33.7 Å². The smallest absolute Gasteiger partial charge is 0.328 e. The SMILES string of the molecule is CCCC(CCO)CNC(=O)Cn1ccc(=O)[nH]c1=O. The van der Waals surface area contributed by atoms with E-state index in [2.05, 4.69) is 10.3 Å². The number of H-pyrrole nitrogens is 1. The van der Waals surface area contributed by atoms with Crippen LogP contribution in [0.3, 0.4) is 0 Å². The lowest BCUT2D eigenvalue weighted by molar-refractivity contribution is -0.122. The number of aromatic nitrogens is 2. The van der Waals surface area contributed by atoms with Crippen LogP contribution >= 0.6 is 0 Å². The van der Waals surface area contributed by atoms with Gasteiger partial charge in [-0.15, -0.1) is 0 Å². The summed E-state index contributed by atoms with van der Waals surface area (Å²) < 4.78 is 1.14. The summed E-state index contributed by atoms with van der Waals surface area (Å²) in [6.07, 6.45) is 3.85. The summed E-state index contributed by atoms with van der Waals surface area (Å²) in [5.41, 5.74) is -1.09. The Morgan fingerprint density at radius 1 is 1.45 bits per heavy atom. The molecule has 1 aromatic heterocycles. The van der Waals surface area contributed by atoms with E-state index in [1.54, 1.807) is 0 Å². The molecule has 7 heteroatoms. The Hall–Kier alpha value is -1.89. The standard InChI is InChI=1S/C13H21N3O4/c1-2-3-10(5-7-17)8-14-12(19)9-16-6-4-11(18)15-13(16)20/h4,6,10,17H,2-3,5,7-9H2,1H3,(H,14,19)(H,15,18,20). The molecule has 0 spiro atoms. The molecule has 1 aromatic rings. The maximum atomic E-state index is 11.7. The van der Waals surface area contributed by atoms with E-state index in [4.69, 9.17) is 5.11 Å². The van der Waals surface area contributed by atoms with Crippen molar-refractivity contribution in [2.24, 2.45) is 5.92 Å². The second kappa shape index (κ2) is 8.31. The maximum absolute atomic E-state index is 11.7. The van der Waals surface area contributed by atoms with Crippen molar-refractivity contribution in [1.29, 1.82) is 0 Å². The minimum Gasteiger partial charge on any atom is -0.396 e. The van der Waals surface area contributed by atoms with Gasteiger partial charge in [0.1, 0.15) is 6.54 Å². The van der Waals surface area contributed by atoms with Crippen molar-refractivity contribution in [2.45, 2.75) is 32.7 Å². The molecule has 0 aliphatic heterocycles. The molecule has 0 aromatic carbocycles. The Morgan fingerprint density at radius 2 is 2.20 bits per heavy atom. The van der Waals surface area contributed by atoms with Crippen LogP contribution in [0.1, 0.15) is 26.2 Å². The molecule has 1 atom stereocenters. The van der Waals surface area contributed by atoms with Gasteiger partial charge in [0.2, 0.25) is 5.91 Å². The number of hydrogen-bond donors (Lipinski definition) is 3. The summed E-state index contributed by atoms with van der Waals surface area (Å²) in [6, 6.07) is 1.19. The summed E-state index contributed by atoms with van der Waals surface area (Å²) >= 11 is 0. The Kier molecular flexibility index (Phi) is 6.72. The lowest BCUT2D eigenvalue weighted by Crippen LogP contribution is -2.37. The lowest BCUT2D eigenvalue weighted by Gasteiger charge is -2.15. The fourth-order valence-corrected chi connectivity index (χ4v) is 1.98. The van der Waals surface area contributed by atoms with Crippen LogP contribution in [0.25, 0.3) is 0 Å². The first-order chi connectivity index (χ1) is 9.56. The second-order valence-corrected chi connectivity index (χ2v) is 4.71. The van der Waals surface area contributed by atoms with Gasteiger partial charge in [0.05, 0.1) is 0 Å². The number of carbonyl (C=O) groups excluding carboxylic acids is 1. The highest BCUT2D eigenvalue weighted by Crippen LogP contribution is 2.09. The van der Waals surface area contributed by atoms with Gasteiger partial charge in [-0.2, -0.15) is 0 Å². The molecule has 1 rings (SSSR count). The highest BCUT2D eigenvalue weighted by molar-refractivity contribution is 5.75. The number of aromatic amines is 1. The van der Waals surface area contributed by atoms with E-state index < -0.39 is 11.2 Å². The van der Waals surface area contributed by atoms with Crippen LogP contribution in [0.2, 0.25) is 0 Å². The largest absolute Gasteiger partial charge is 0.396 e. The number of carbonyl (C=O) groups is 1. The highest BCUT2D eigenvalue weighted by Gasteiger charge is 2.10. The van der Waals surface area contributed by atoms with E-state index in [0.29, 0.717) is 13.0 Å². The van der Waals surface area contributed by atoms with E-state index in [1.807, 2.05) is 6.92 Å². The van der Waals surface area contributed by atoms with Gasteiger partial charge in [-0.05, 0) is 18.8 Å². The van der Waals surface area contributed by atoms with Gasteiger partial charge < -0.3 is 10.4 Å². The molecule has 0 fully saturated rings. The molecule has 1 heterocycles. The molecule has 0 radical (unpaired) electrons. The molecule has 1 unspecified atom stereocenters. The van der Waals surface area contributed by atoms with Crippen LogP contribution in [0, 0.1) is 5.92 Å². The molecule has 0 aliphatic carbocycles. The van der Waals surface area contributed by atoms with Gasteiger partial charge in [-0.3, -0.25) is 19.1 Å². The molecule has 0 bridgehead atoms. The van der Waals surface area contributed by atoms with Crippen molar-refractivity contribution in [3.05, 3.63) is 33.1 Å². The predicted octanol–water partition coefficient (Wildman–Crippen LogP) is -0.548. The first-order valence-corrected chi connectivity index (χ1v) is 6.74. The minimum absolute atomic E-state index is 0.0971. The number of aliphatic hydroxyl groups is 1. The Labute approximate surface area is 116 Å². The van der Waals surface area contributed by atoms with Gasteiger partial charge in [0.25, 0.3) is 5.56 Å². The van der Waals surface area contributed by atoms with Crippen LogP contribution < -0.4 is 16.6 Å². The third kappa shape index (κ3) is 5.40. The summed E-state index contributed by atoms with van der Waals surface area (Å²) in [4.78, 5) is 36.1. The summed E-state index contributed by atoms with van der Waals surface area (Å²) in [5.74, 6) is -0.0561.